The number of rotatable bonds is 1. The van der Waals surface area contributed by atoms with Gasteiger partial charge in [0.15, 0.2) is 0 Å². The Morgan fingerprint density at radius 1 is 0.468 bits per heavy atom. The smallest absolute Gasteiger partial charge is 0.333 e. The van der Waals surface area contributed by atoms with E-state index in [-0.39, 0.29) is 6.85 Å². The Morgan fingerprint density at radius 2 is 1.06 bits per heavy atom. The Morgan fingerprint density at radius 3 is 1.83 bits per heavy atom. The highest BCUT2D eigenvalue weighted by molar-refractivity contribution is 6.93. The molecule has 7 aromatic carbocycles. The Labute approximate surface area is 275 Å². The summed E-state index contributed by atoms with van der Waals surface area (Å²) in [5, 5.41) is 0. The van der Waals surface area contributed by atoms with E-state index in [1.165, 1.54) is 89.4 Å². The summed E-state index contributed by atoms with van der Waals surface area (Å²) in [4.78, 5) is 5.17. The molecular formula is C44H29BN2. The maximum atomic E-state index is 2.69. The molecule has 0 bridgehead atoms. The fraction of sp³-hybridized carbons (Fsp3) is 0.0455. The van der Waals surface area contributed by atoms with Gasteiger partial charge in [-0.2, -0.15) is 0 Å². The number of hydrogen-bond donors (Lipinski definition) is 0. The number of anilines is 5. The third-order valence-corrected chi connectivity index (χ3v) is 11.1. The minimum absolute atomic E-state index is 0.0239. The summed E-state index contributed by atoms with van der Waals surface area (Å²) in [7, 11) is 0. The molecule has 0 radical (unpaired) electrons. The third-order valence-electron chi connectivity index (χ3n) is 11.1. The summed E-state index contributed by atoms with van der Waals surface area (Å²) >= 11 is 0. The Hall–Kier alpha value is -5.80. The first-order valence-electron chi connectivity index (χ1n) is 16.6. The lowest BCUT2D eigenvalue weighted by atomic mass is 9.42. The number of aryl methyl sites for hydroxylation is 1. The van der Waals surface area contributed by atoms with Gasteiger partial charge in [-0.1, -0.05) is 127 Å². The Kier molecular flexibility index (Phi) is 4.82. The van der Waals surface area contributed by atoms with E-state index in [2.05, 4.69) is 174 Å². The minimum atomic E-state index is -0.417. The molecule has 0 N–H and O–H groups in total. The van der Waals surface area contributed by atoms with Gasteiger partial charge in [-0.25, -0.2) is 0 Å². The van der Waals surface area contributed by atoms with Crippen LogP contribution in [0.1, 0.15) is 27.8 Å². The van der Waals surface area contributed by atoms with Gasteiger partial charge >= 0.3 is 6.85 Å². The van der Waals surface area contributed by atoms with E-state index in [0.717, 1.165) is 0 Å². The van der Waals surface area contributed by atoms with Crippen LogP contribution >= 0.6 is 0 Å². The van der Waals surface area contributed by atoms with Crippen LogP contribution in [0.3, 0.4) is 0 Å². The molecular weight excluding hydrogens is 567 g/mol. The molecule has 0 atom stereocenters. The van der Waals surface area contributed by atoms with Gasteiger partial charge < -0.3 is 9.71 Å². The monoisotopic (exact) mass is 596 g/mol. The van der Waals surface area contributed by atoms with Crippen molar-refractivity contribution >= 4 is 46.2 Å². The van der Waals surface area contributed by atoms with Crippen molar-refractivity contribution in [2.75, 3.05) is 9.71 Å². The molecule has 47 heavy (non-hydrogen) atoms. The second-order valence-electron chi connectivity index (χ2n) is 13.3. The van der Waals surface area contributed by atoms with Crippen molar-refractivity contribution in [3.8, 4) is 22.3 Å². The Balaban J connectivity index is 1.32. The molecule has 1 aliphatic carbocycles. The zero-order valence-electron chi connectivity index (χ0n) is 26.0. The maximum absolute atomic E-state index is 2.69. The topological polar surface area (TPSA) is 6.48 Å². The van der Waals surface area contributed by atoms with Crippen LogP contribution in [0, 0.1) is 6.92 Å². The zero-order chi connectivity index (χ0) is 30.9. The largest absolute Gasteiger partial charge is 0.376 e. The molecule has 218 valence electrons. The molecule has 3 heteroatoms. The average Bonchev–Trinajstić information content (AvgIpc) is 3.42. The van der Waals surface area contributed by atoms with Crippen LogP contribution in [0.4, 0.5) is 28.4 Å². The van der Waals surface area contributed by atoms with E-state index < -0.39 is 5.41 Å². The van der Waals surface area contributed by atoms with Crippen LogP contribution in [0.25, 0.3) is 22.3 Å². The van der Waals surface area contributed by atoms with E-state index in [4.69, 9.17) is 0 Å². The summed E-state index contributed by atoms with van der Waals surface area (Å²) in [6.07, 6.45) is 0. The first-order valence-corrected chi connectivity index (χ1v) is 16.6. The predicted octanol–water partition coefficient (Wildman–Crippen LogP) is 9.38. The van der Waals surface area contributed by atoms with Crippen LogP contribution in [0.2, 0.25) is 0 Å². The lowest BCUT2D eigenvalue weighted by molar-refractivity contribution is 0.756. The van der Waals surface area contributed by atoms with Gasteiger partial charge in [0.2, 0.25) is 0 Å². The number of para-hydroxylation sites is 4. The van der Waals surface area contributed by atoms with Crippen molar-refractivity contribution in [3.05, 3.63) is 186 Å². The molecule has 0 fully saturated rings. The van der Waals surface area contributed by atoms with E-state index in [9.17, 15) is 0 Å². The molecule has 3 heterocycles. The highest BCUT2D eigenvalue weighted by Crippen LogP contribution is 2.64. The second kappa shape index (κ2) is 8.93. The summed E-state index contributed by atoms with van der Waals surface area (Å²) in [6, 6.07) is 59.2. The van der Waals surface area contributed by atoms with Crippen LogP contribution in [0.15, 0.2) is 158 Å². The van der Waals surface area contributed by atoms with Gasteiger partial charge in [0.05, 0.1) is 5.41 Å². The van der Waals surface area contributed by atoms with Gasteiger partial charge in [-0.3, -0.25) is 0 Å². The molecule has 0 aromatic heterocycles. The first-order chi connectivity index (χ1) is 23.3. The summed E-state index contributed by atoms with van der Waals surface area (Å²) in [5.41, 5.74) is 20.6. The van der Waals surface area contributed by atoms with Crippen molar-refractivity contribution in [3.63, 3.8) is 0 Å². The van der Waals surface area contributed by atoms with Crippen molar-refractivity contribution in [2.24, 2.45) is 0 Å². The van der Waals surface area contributed by atoms with Gasteiger partial charge in [0.1, 0.15) is 0 Å². The maximum Gasteiger partial charge on any atom is 0.333 e. The van der Waals surface area contributed by atoms with Crippen LogP contribution in [-0.4, -0.2) is 6.85 Å². The van der Waals surface area contributed by atoms with Crippen molar-refractivity contribution in [1.82, 2.24) is 0 Å². The van der Waals surface area contributed by atoms with Crippen molar-refractivity contribution in [1.29, 1.82) is 0 Å². The summed E-state index contributed by atoms with van der Waals surface area (Å²) < 4.78 is 0. The molecule has 0 unspecified atom stereocenters. The molecule has 0 amide bonds. The lowest BCUT2D eigenvalue weighted by Gasteiger charge is -2.52. The minimum Gasteiger partial charge on any atom is -0.376 e. The van der Waals surface area contributed by atoms with Gasteiger partial charge in [0.25, 0.3) is 0 Å². The molecule has 1 spiro atoms. The first kappa shape index (κ1) is 25.4. The van der Waals surface area contributed by atoms with E-state index >= 15 is 0 Å². The van der Waals surface area contributed by atoms with Crippen molar-refractivity contribution in [2.45, 2.75) is 12.3 Å². The highest BCUT2D eigenvalue weighted by atomic mass is 15.2. The molecule has 0 saturated heterocycles. The van der Waals surface area contributed by atoms with Crippen LogP contribution < -0.4 is 20.6 Å². The zero-order valence-corrected chi connectivity index (χ0v) is 26.0. The standard InChI is InChI=1S/C44H29BN2/c1-28-26-33-32-18-13-22-37-43(32)47(45-38-23-10-12-25-40(38)46(41(27-28)42(33)45)29-14-3-2-4-15-29)39-24-11-9-21-36(39)44(37)34-19-7-5-16-30(34)31-17-6-8-20-35(31)44/h2-27H,1H3. The van der Waals surface area contributed by atoms with Gasteiger partial charge in [-0.15, -0.1) is 0 Å². The number of hydrogen-bond acceptors (Lipinski definition) is 2. The van der Waals surface area contributed by atoms with Crippen LogP contribution in [-0.2, 0) is 5.41 Å². The lowest BCUT2D eigenvalue weighted by Crippen LogP contribution is -2.63. The number of nitrogens with zero attached hydrogens (tertiary/aromatic N) is 2. The van der Waals surface area contributed by atoms with Crippen LogP contribution in [0.5, 0.6) is 0 Å². The van der Waals surface area contributed by atoms with E-state index in [1.807, 2.05) is 0 Å². The molecule has 2 nitrogen and oxygen atoms in total. The third kappa shape index (κ3) is 2.99. The number of fused-ring (bicyclic) bond motifs is 13. The predicted molar refractivity (Wildman–Crippen MR) is 196 cm³/mol. The molecule has 4 aliphatic rings. The quantitative estimate of drug-likeness (QED) is 0.174. The highest BCUT2D eigenvalue weighted by Gasteiger charge is 2.55. The molecule has 3 aliphatic heterocycles. The SMILES string of the molecule is Cc1cc2c3c(c1)N(c1ccccc1)c1ccccc1B3N1c3ccccc3C3(c4ccccc4-c4ccccc43)c3cccc-2c31. The second-order valence-corrected chi connectivity index (χ2v) is 13.3. The van der Waals surface area contributed by atoms with Gasteiger partial charge in [-0.05, 0) is 92.7 Å². The van der Waals surface area contributed by atoms with Crippen molar-refractivity contribution < 1.29 is 0 Å². The fourth-order valence-corrected chi connectivity index (χ4v) is 9.48. The molecule has 11 rings (SSSR count). The van der Waals surface area contributed by atoms with E-state index in [1.54, 1.807) is 0 Å². The van der Waals surface area contributed by atoms with E-state index in [0.29, 0.717) is 0 Å². The van der Waals surface area contributed by atoms with Gasteiger partial charge in [0, 0.05) is 34.0 Å². The summed E-state index contributed by atoms with van der Waals surface area (Å²) in [5.74, 6) is 0. The molecule has 7 aromatic rings. The fourth-order valence-electron chi connectivity index (χ4n) is 9.48. The normalized spacial score (nSPS) is 15.0. The average molecular weight is 597 g/mol. The Bertz CT molecular complexity index is 2420. The number of benzene rings is 7. The summed E-state index contributed by atoms with van der Waals surface area (Å²) in [6.45, 7) is 2.27. The molecule has 0 saturated carbocycles.